The van der Waals surface area contributed by atoms with Crippen molar-refractivity contribution >= 4 is 23.5 Å². The Morgan fingerprint density at radius 3 is 1.70 bits per heavy atom. The Balaban J connectivity index is 1.65. The SMILES string of the molecule is CCC(C)(CO)CCCCC1CCCC(/C=C\C2CCCC(CCCCC(C)(C)CO)S2)S1. The van der Waals surface area contributed by atoms with Crippen LogP contribution in [0.25, 0.3) is 0 Å². The highest BCUT2D eigenvalue weighted by Crippen LogP contribution is 2.39. The second kappa shape index (κ2) is 15.5. The van der Waals surface area contributed by atoms with Gasteiger partial charge in [-0.2, -0.15) is 23.5 Å². The molecule has 0 aromatic carbocycles. The molecule has 2 heterocycles. The van der Waals surface area contributed by atoms with Gasteiger partial charge in [-0.1, -0.05) is 78.4 Å². The average Bonchev–Trinajstić information content (AvgIpc) is 2.84. The predicted octanol–water partition coefficient (Wildman–Crippen LogP) is 8.40. The molecule has 2 N–H and O–H groups in total. The normalized spacial score (nSPS) is 28.8. The molecule has 0 aromatic rings. The van der Waals surface area contributed by atoms with Crippen molar-refractivity contribution in [1.82, 2.24) is 0 Å². The summed E-state index contributed by atoms with van der Waals surface area (Å²) in [7, 11) is 0. The molecule has 2 aliphatic rings. The van der Waals surface area contributed by atoms with Crippen LogP contribution in [0, 0.1) is 10.8 Å². The molecule has 0 radical (unpaired) electrons. The van der Waals surface area contributed by atoms with Crippen LogP contribution in [0.15, 0.2) is 12.2 Å². The minimum absolute atomic E-state index is 0.0933. The molecule has 2 saturated heterocycles. The fourth-order valence-electron chi connectivity index (χ4n) is 5.16. The van der Waals surface area contributed by atoms with Gasteiger partial charge in [0.2, 0.25) is 0 Å². The molecule has 2 fully saturated rings. The van der Waals surface area contributed by atoms with Gasteiger partial charge in [0.1, 0.15) is 0 Å². The topological polar surface area (TPSA) is 40.5 Å². The lowest BCUT2D eigenvalue weighted by Crippen LogP contribution is -2.20. The summed E-state index contributed by atoms with van der Waals surface area (Å²) in [4.78, 5) is 0. The number of thioether (sulfide) groups is 2. The molecule has 5 atom stereocenters. The molecule has 194 valence electrons. The summed E-state index contributed by atoms with van der Waals surface area (Å²) >= 11 is 4.49. The summed E-state index contributed by atoms with van der Waals surface area (Å²) in [6.45, 7) is 9.43. The minimum Gasteiger partial charge on any atom is -0.396 e. The van der Waals surface area contributed by atoms with Crippen LogP contribution >= 0.6 is 23.5 Å². The highest BCUT2D eigenvalue weighted by atomic mass is 32.2. The van der Waals surface area contributed by atoms with Gasteiger partial charge in [0, 0.05) is 34.2 Å². The molecule has 2 rings (SSSR count). The van der Waals surface area contributed by atoms with Crippen LogP contribution in [0.1, 0.15) is 124 Å². The smallest absolute Gasteiger partial charge is 0.0484 e. The average molecular weight is 499 g/mol. The van der Waals surface area contributed by atoms with Gasteiger partial charge < -0.3 is 10.2 Å². The number of aliphatic hydroxyl groups excluding tert-OH is 2. The highest BCUT2D eigenvalue weighted by molar-refractivity contribution is 8.01. The Bertz CT molecular complexity index is 544. The van der Waals surface area contributed by atoms with Crippen molar-refractivity contribution in [3.8, 4) is 0 Å². The fourth-order valence-corrected chi connectivity index (χ4v) is 8.33. The Hall–Kier alpha value is 0.360. The quantitative estimate of drug-likeness (QED) is 0.176. The van der Waals surface area contributed by atoms with E-state index in [0.717, 1.165) is 33.8 Å². The molecule has 2 aliphatic heterocycles. The first-order chi connectivity index (χ1) is 15.8. The van der Waals surface area contributed by atoms with Gasteiger partial charge in [-0.15, -0.1) is 0 Å². The van der Waals surface area contributed by atoms with Gasteiger partial charge in [0.25, 0.3) is 0 Å². The maximum Gasteiger partial charge on any atom is 0.0484 e. The Labute approximate surface area is 214 Å². The number of hydrogen-bond donors (Lipinski definition) is 2. The van der Waals surface area contributed by atoms with Crippen LogP contribution in [0.3, 0.4) is 0 Å². The third-order valence-electron chi connectivity index (χ3n) is 8.15. The van der Waals surface area contributed by atoms with E-state index in [9.17, 15) is 10.2 Å². The lowest BCUT2D eigenvalue weighted by atomic mass is 9.83. The van der Waals surface area contributed by atoms with Crippen molar-refractivity contribution < 1.29 is 10.2 Å². The van der Waals surface area contributed by atoms with Gasteiger partial charge in [0.05, 0.1) is 0 Å². The number of unbranched alkanes of at least 4 members (excludes halogenated alkanes) is 2. The fraction of sp³-hybridized carbons (Fsp3) is 0.931. The third kappa shape index (κ3) is 11.8. The van der Waals surface area contributed by atoms with Crippen molar-refractivity contribution in [2.24, 2.45) is 10.8 Å². The molecular formula is C29H54O2S2. The van der Waals surface area contributed by atoms with Crippen molar-refractivity contribution in [2.75, 3.05) is 13.2 Å². The lowest BCUT2D eigenvalue weighted by Gasteiger charge is -2.30. The van der Waals surface area contributed by atoms with Crippen molar-refractivity contribution in [1.29, 1.82) is 0 Å². The molecular weight excluding hydrogens is 444 g/mol. The van der Waals surface area contributed by atoms with E-state index in [-0.39, 0.29) is 10.8 Å². The van der Waals surface area contributed by atoms with Crippen molar-refractivity contribution in [3.63, 3.8) is 0 Å². The van der Waals surface area contributed by atoms with Crippen LogP contribution < -0.4 is 0 Å². The van der Waals surface area contributed by atoms with Crippen LogP contribution in [0.4, 0.5) is 0 Å². The summed E-state index contributed by atoms with van der Waals surface area (Å²) in [5, 5.41) is 22.2. The Morgan fingerprint density at radius 1 is 0.727 bits per heavy atom. The standard InChI is InChI=1S/C29H54O2S2/c1-5-29(4,23-31)21-9-7-13-25-15-11-17-27(33-25)19-18-26-16-10-14-24(32-26)12-6-8-20-28(2,3)22-30/h18-19,24-27,30-31H,5-17,20-23H2,1-4H3/b19-18-. The molecule has 5 unspecified atom stereocenters. The molecule has 33 heavy (non-hydrogen) atoms. The Kier molecular flexibility index (Phi) is 13.9. The monoisotopic (exact) mass is 498 g/mol. The van der Waals surface area contributed by atoms with Gasteiger partial charge >= 0.3 is 0 Å². The summed E-state index contributed by atoms with van der Waals surface area (Å²) in [6, 6.07) is 0. The minimum atomic E-state index is 0.0933. The Morgan fingerprint density at radius 2 is 1.24 bits per heavy atom. The number of rotatable bonds is 15. The largest absolute Gasteiger partial charge is 0.396 e. The lowest BCUT2D eigenvalue weighted by molar-refractivity contribution is 0.125. The molecule has 0 amide bonds. The summed E-state index contributed by atoms with van der Waals surface area (Å²) in [6.07, 6.45) is 24.7. The second-order valence-corrected chi connectivity index (χ2v) is 15.1. The van der Waals surface area contributed by atoms with E-state index < -0.39 is 0 Å². The first-order valence-corrected chi connectivity index (χ1v) is 15.9. The molecule has 0 saturated carbocycles. The van der Waals surface area contributed by atoms with E-state index >= 15 is 0 Å². The first kappa shape index (κ1) is 29.6. The zero-order chi connectivity index (χ0) is 24.2. The predicted molar refractivity (Wildman–Crippen MR) is 150 cm³/mol. The van der Waals surface area contributed by atoms with E-state index in [1.807, 2.05) is 0 Å². The number of aliphatic hydroxyl groups is 2. The van der Waals surface area contributed by atoms with Gasteiger partial charge in [0.15, 0.2) is 0 Å². The molecule has 0 spiro atoms. The molecule has 0 aromatic heterocycles. The first-order valence-electron chi connectivity index (χ1n) is 14.0. The van der Waals surface area contributed by atoms with Crippen molar-refractivity contribution in [3.05, 3.63) is 12.2 Å². The van der Waals surface area contributed by atoms with E-state index in [4.69, 9.17) is 0 Å². The summed E-state index contributed by atoms with van der Waals surface area (Å²) in [5.41, 5.74) is 0.229. The zero-order valence-corrected chi connectivity index (χ0v) is 23.8. The molecule has 0 bridgehead atoms. The van der Waals surface area contributed by atoms with Crippen LogP contribution in [-0.4, -0.2) is 44.4 Å². The van der Waals surface area contributed by atoms with Crippen LogP contribution in [0.2, 0.25) is 0 Å². The second-order valence-electron chi connectivity index (χ2n) is 12.0. The van der Waals surface area contributed by atoms with Crippen LogP contribution in [0.5, 0.6) is 0 Å². The van der Waals surface area contributed by atoms with E-state index in [1.54, 1.807) is 0 Å². The highest BCUT2D eigenvalue weighted by Gasteiger charge is 2.25. The van der Waals surface area contributed by atoms with E-state index in [2.05, 4.69) is 63.4 Å². The summed E-state index contributed by atoms with van der Waals surface area (Å²) < 4.78 is 0. The maximum absolute atomic E-state index is 9.62. The van der Waals surface area contributed by atoms with Gasteiger partial charge in [-0.3, -0.25) is 0 Å². The van der Waals surface area contributed by atoms with Crippen molar-refractivity contribution in [2.45, 2.75) is 145 Å². The molecule has 0 aliphatic carbocycles. The zero-order valence-electron chi connectivity index (χ0n) is 22.2. The van der Waals surface area contributed by atoms with E-state index in [1.165, 1.54) is 83.5 Å². The van der Waals surface area contributed by atoms with Gasteiger partial charge in [-0.25, -0.2) is 0 Å². The molecule has 4 heteroatoms. The summed E-state index contributed by atoms with van der Waals surface area (Å²) in [5.74, 6) is 0. The number of hydrogen-bond acceptors (Lipinski definition) is 4. The maximum atomic E-state index is 9.62. The third-order valence-corrected chi connectivity index (χ3v) is 11.4. The van der Waals surface area contributed by atoms with Gasteiger partial charge in [-0.05, 0) is 68.6 Å². The van der Waals surface area contributed by atoms with Crippen LogP contribution in [-0.2, 0) is 0 Å². The van der Waals surface area contributed by atoms with E-state index in [0.29, 0.717) is 13.2 Å². The molecule has 2 nitrogen and oxygen atoms in total.